The molecule has 0 radical (unpaired) electrons. The highest BCUT2D eigenvalue weighted by Crippen LogP contribution is 2.62. The number of nitrogens with one attached hydrogen (secondary N) is 5. The molecule has 204 valence electrons. The van der Waals surface area contributed by atoms with Gasteiger partial charge in [-0.05, 0) is 79.5 Å². The van der Waals surface area contributed by atoms with Gasteiger partial charge in [0.25, 0.3) is 0 Å². The van der Waals surface area contributed by atoms with Crippen LogP contribution in [0.2, 0.25) is 0 Å². The van der Waals surface area contributed by atoms with Crippen LogP contribution in [0.5, 0.6) is 0 Å². The average molecular weight is 529 g/mol. The molecule has 1 aliphatic heterocycles. The molecule has 10 heteroatoms. The summed E-state index contributed by atoms with van der Waals surface area (Å²) in [6, 6.07) is 15.4. The summed E-state index contributed by atoms with van der Waals surface area (Å²) in [4.78, 5) is 28.6. The number of hydrogen-bond donors (Lipinski definition) is 7. The number of nitrogens with two attached hydrogens (primary N) is 2. The van der Waals surface area contributed by atoms with Gasteiger partial charge in [-0.3, -0.25) is 20.4 Å². The second-order valence-electron chi connectivity index (χ2n) is 11.0. The van der Waals surface area contributed by atoms with Gasteiger partial charge in [0, 0.05) is 31.0 Å². The van der Waals surface area contributed by atoms with E-state index in [1.807, 2.05) is 53.4 Å². The predicted molar refractivity (Wildman–Crippen MR) is 153 cm³/mol. The van der Waals surface area contributed by atoms with Crippen LogP contribution in [-0.2, 0) is 16.1 Å². The first-order valence-electron chi connectivity index (χ1n) is 13.4. The molecule has 0 unspecified atom stereocenters. The minimum absolute atomic E-state index is 0.00117. The minimum atomic E-state index is -0.517. The topological polar surface area (TPSA) is 173 Å². The molecular formula is C29H36N8O2. The van der Waals surface area contributed by atoms with Crippen LogP contribution in [0.25, 0.3) is 5.57 Å². The number of hydrogen-bond acceptors (Lipinski definition) is 4. The van der Waals surface area contributed by atoms with Gasteiger partial charge in [-0.2, -0.15) is 0 Å². The number of anilines is 2. The molecular weight excluding hydrogens is 492 g/mol. The van der Waals surface area contributed by atoms with Crippen molar-refractivity contribution in [3.8, 4) is 0 Å². The van der Waals surface area contributed by atoms with Gasteiger partial charge in [-0.1, -0.05) is 30.3 Å². The van der Waals surface area contributed by atoms with Crippen LogP contribution in [0.3, 0.4) is 0 Å². The first kappa shape index (κ1) is 26.3. The lowest BCUT2D eigenvalue weighted by atomic mass is 9.81. The molecule has 0 saturated heterocycles. The van der Waals surface area contributed by atoms with Crippen molar-refractivity contribution in [1.29, 1.82) is 10.8 Å². The molecule has 3 aliphatic rings. The van der Waals surface area contributed by atoms with E-state index in [2.05, 4.69) is 22.0 Å². The zero-order valence-corrected chi connectivity index (χ0v) is 22.0. The third-order valence-corrected chi connectivity index (χ3v) is 8.56. The number of benzene rings is 2. The Labute approximate surface area is 228 Å². The first-order chi connectivity index (χ1) is 18.7. The molecule has 2 aromatic rings. The lowest BCUT2D eigenvalue weighted by Gasteiger charge is -2.27. The molecule has 2 amide bonds. The number of amides is 2. The molecule has 0 atom stereocenters. The summed E-state index contributed by atoms with van der Waals surface area (Å²) in [7, 11) is 0. The molecule has 2 aliphatic carbocycles. The summed E-state index contributed by atoms with van der Waals surface area (Å²) in [5.41, 5.74) is 14.6. The van der Waals surface area contributed by atoms with Crippen LogP contribution < -0.4 is 27.4 Å². The maximum atomic E-state index is 13.4. The minimum Gasteiger partial charge on any atom is -0.370 e. The SMILES string of the molecule is N=C(N)NCc1ccc(NC(=O)C23CCC(C(=O)Nc4ccc(C5=CCN(C(=N)N)CC5)cc4)(CC2)C3)cc1. The smallest absolute Gasteiger partial charge is 0.230 e. The Balaban J connectivity index is 1.17. The Morgan fingerprint density at radius 2 is 1.38 bits per heavy atom. The lowest BCUT2D eigenvalue weighted by Crippen LogP contribution is -2.39. The van der Waals surface area contributed by atoms with Crippen molar-refractivity contribution < 1.29 is 9.59 Å². The second kappa shape index (κ2) is 10.4. The Kier molecular flexibility index (Phi) is 7.03. The highest BCUT2D eigenvalue weighted by Gasteiger charge is 2.61. The fourth-order valence-corrected chi connectivity index (χ4v) is 6.17. The second-order valence-corrected chi connectivity index (χ2v) is 11.0. The largest absolute Gasteiger partial charge is 0.370 e. The number of nitrogens with zero attached hydrogens (tertiary/aromatic N) is 1. The van der Waals surface area contributed by atoms with Gasteiger partial charge in [0.05, 0.1) is 10.8 Å². The molecule has 5 rings (SSSR count). The summed E-state index contributed by atoms with van der Waals surface area (Å²) in [6.07, 6.45) is 6.31. The van der Waals surface area contributed by atoms with E-state index in [-0.39, 0.29) is 23.7 Å². The Morgan fingerprint density at radius 3 is 1.85 bits per heavy atom. The van der Waals surface area contributed by atoms with E-state index >= 15 is 0 Å². The zero-order valence-electron chi connectivity index (χ0n) is 22.0. The van der Waals surface area contributed by atoms with Gasteiger partial charge in [-0.15, -0.1) is 0 Å². The van der Waals surface area contributed by atoms with Crippen molar-refractivity contribution in [2.45, 2.75) is 45.1 Å². The van der Waals surface area contributed by atoms with Crippen molar-refractivity contribution in [3.63, 3.8) is 0 Å². The summed E-state index contributed by atoms with van der Waals surface area (Å²) < 4.78 is 0. The zero-order chi connectivity index (χ0) is 27.6. The molecule has 0 spiro atoms. The molecule has 0 aromatic heterocycles. The van der Waals surface area contributed by atoms with Crippen molar-refractivity contribution in [3.05, 3.63) is 65.7 Å². The molecule has 39 heavy (non-hydrogen) atoms. The van der Waals surface area contributed by atoms with Gasteiger partial charge in [-0.25, -0.2) is 0 Å². The van der Waals surface area contributed by atoms with Crippen molar-refractivity contribution in [1.82, 2.24) is 10.2 Å². The van der Waals surface area contributed by atoms with E-state index in [4.69, 9.17) is 22.3 Å². The molecule has 2 fully saturated rings. The fraction of sp³-hybridized carbons (Fsp3) is 0.379. The molecule has 10 nitrogen and oxygen atoms in total. The molecule has 2 saturated carbocycles. The van der Waals surface area contributed by atoms with E-state index < -0.39 is 10.8 Å². The monoisotopic (exact) mass is 528 g/mol. The lowest BCUT2D eigenvalue weighted by molar-refractivity contribution is -0.125. The summed E-state index contributed by atoms with van der Waals surface area (Å²) in [6.45, 7) is 1.80. The highest BCUT2D eigenvalue weighted by atomic mass is 16.2. The first-order valence-corrected chi connectivity index (χ1v) is 13.4. The predicted octanol–water partition coefficient (Wildman–Crippen LogP) is 3.18. The number of carbonyl (C=O) groups excluding carboxylic acids is 2. The quantitative estimate of drug-likeness (QED) is 0.215. The fourth-order valence-electron chi connectivity index (χ4n) is 6.17. The summed E-state index contributed by atoms with van der Waals surface area (Å²) in [5.74, 6) is -0.00717. The van der Waals surface area contributed by atoms with Crippen molar-refractivity contribution in [2.75, 3.05) is 23.7 Å². The van der Waals surface area contributed by atoms with Gasteiger partial charge in [0.1, 0.15) is 0 Å². The van der Waals surface area contributed by atoms with Gasteiger partial charge < -0.3 is 32.3 Å². The Hall–Kier alpha value is -4.34. The summed E-state index contributed by atoms with van der Waals surface area (Å²) in [5, 5.41) is 23.8. The van der Waals surface area contributed by atoms with Gasteiger partial charge in [0.2, 0.25) is 11.8 Å². The number of guanidine groups is 2. The molecule has 9 N–H and O–H groups in total. The maximum absolute atomic E-state index is 13.4. The van der Waals surface area contributed by atoms with Crippen LogP contribution in [0.4, 0.5) is 11.4 Å². The molecule has 2 aromatic carbocycles. The summed E-state index contributed by atoms with van der Waals surface area (Å²) >= 11 is 0. The van der Waals surface area contributed by atoms with Crippen molar-refractivity contribution in [2.24, 2.45) is 22.3 Å². The third kappa shape index (κ3) is 5.45. The van der Waals surface area contributed by atoms with Crippen LogP contribution in [0.15, 0.2) is 54.6 Å². The van der Waals surface area contributed by atoms with Crippen LogP contribution in [-0.4, -0.2) is 41.7 Å². The normalized spacial score (nSPS) is 23.6. The van der Waals surface area contributed by atoms with Crippen LogP contribution in [0, 0.1) is 21.6 Å². The van der Waals surface area contributed by atoms with Crippen LogP contribution in [0.1, 0.15) is 49.7 Å². The highest BCUT2D eigenvalue weighted by molar-refractivity contribution is 6.00. The number of fused-ring (bicyclic) bond motifs is 2. The van der Waals surface area contributed by atoms with Gasteiger partial charge in [0.15, 0.2) is 11.9 Å². The third-order valence-electron chi connectivity index (χ3n) is 8.56. The molecule has 1 heterocycles. The van der Waals surface area contributed by atoms with Gasteiger partial charge >= 0.3 is 0 Å². The van der Waals surface area contributed by atoms with E-state index in [9.17, 15) is 9.59 Å². The van der Waals surface area contributed by atoms with E-state index in [1.54, 1.807) is 0 Å². The number of rotatable bonds is 7. The van der Waals surface area contributed by atoms with E-state index in [1.165, 1.54) is 5.57 Å². The molecule has 2 bridgehead atoms. The Bertz CT molecular complexity index is 1310. The average Bonchev–Trinajstić information content (AvgIpc) is 3.53. The van der Waals surface area contributed by atoms with E-state index in [0.29, 0.717) is 45.2 Å². The van der Waals surface area contributed by atoms with Crippen LogP contribution >= 0.6 is 0 Å². The number of carbonyl (C=O) groups is 2. The van der Waals surface area contributed by atoms with E-state index in [0.717, 1.165) is 35.5 Å². The Morgan fingerprint density at radius 1 is 0.846 bits per heavy atom. The maximum Gasteiger partial charge on any atom is 0.230 e. The standard InChI is InChI=1S/C29H36N8O2/c30-26(31)34-17-19-1-5-22(6-2-19)35-24(38)28-11-13-29(18-28,14-12-28)25(39)36-23-7-3-20(4-8-23)21-9-15-37(16-10-21)27(32)33/h1-9H,10-18H2,(H3,32,33)(H,35,38)(H,36,39)(H4,30,31,34). The van der Waals surface area contributed by atoms with Crippen molar-refractivity contribution >= 4 is 40.7 Å².